The predicted octanol–water partition coefficient (Wildman–Crippen LogP) is 4.56. The van der Waals surface area contributed by atoms with Crippen LogP contribution in [-0.2, 0) is 0 Å². The van der Waals surface area contributed by atoms with Gasteiger partial charge >= 0.3 is 0 Å². The zero-order valence-electron chi connectivity index (χ0n) is 9.10. The molecule has 0 aliphatic heterocycles. The second-order valence-electron chi connectivity index (χ2n) is 4.65. The summed E-state index contributed by atoms with van der Waals surface area (Å²) in [6, 6.07) is 0. The van der Waals surface area contributed by atoms with Crippen LogP contribution in [0.25, 0.3) is 0 Å². The highest BCUT2D eigenvalue weighted by molar-refractivity contribution is 4.76. The third-order valence-electron chi connectivity index (χ3n) is 3.41. The molecule has 1 atom stereocenters. The summed E-state index contributed by atoms with van der Waals surface area (Å²) in [5.41, 5.74) is 0. The van der Waals surface area contributed by atoms with Gasteiger partial charge in [-0.1, -0.05) is 51.5 Å². The van der Waals surface area contributed by atoms with Gasteiger partial charge in [-0.3, -0.25) is 0 Å². The van der Waals surface area contributed by atoms with Crippen molar-refractivity contribution in [1.29, 1.82) is 0 Å². The summed E-state index contributed by atoms with van der Waals surface area (Å²) in [5, 5.41) is 0. The standard InChI is InChI=1S/C13H24/c1-3-12(2)10-11-13-8-6-4-5-7-9-13/h3,12-13H,1,4-11H2,2H3. The molecular formula is C13H24. The minimum Gasteiger partial charge on any atom is -0.103 e. The maximum Gasteiger partial charge on any atom is -0.0265 e. The Hall–Kier alpha value is -0.260. The molecule has 0 N–H and O–H groups in total. The van der Waals surface area contributed by atoms with Crippen molar-refractivity contribution in [3.63, 3.8) is 0 Å². The van der Waals surface area contributed by atoms with Gasteiger partial charge in [0.15, 0.2) is 0 Å². The molecule has 0 aromatic rings. The third-order valence-corrected chi connectivity index (χ3v) is 3.41. The van der Waals surface area contributed by atoms with Gasteiger partial charge < -0.3 is 0 Å². The summed E-state index contributed by atoms with van der Waals surface area (Å²) in [6.07, 6.45) is 13.8. The van der Waals surface area contributed by atoms with E-state index in [1.165, 1.54) is 51.4 Å². The van der Waals surface area contributed by atoms with E-state index in [1.54, 1.807) is 0 Å². The van der Waals surface area contributed by atoms with E-state index >= 15 is 0 Å². The summed E-state index contributed by atoms with van der Waals surface area (Å²) in [6.45, 7) is 6.12. The predicted molar refractivity (Wildman–Crippen MR) is 59.8 cm³/mol. The Kier molecular flexibility index (Phi) is 5.19. The zero-order chi connectivity index (χ0) is 9.52. The molecule has 76 valence electrons. The SMILES string of the molecule is C=CC(C)CCC1CCCCCC1. The molecule has 0 saturated heterocycles. The summed E-state index contributed by atoms with van der Waals surface area (Å²) in [5.74, 6) is 1.76. The fourth-order valence-corrected chi connectivity index (χ4v) is 2.27. The van der Waals surface area contributed by atoms with E-state index in [2.05, 4.69) is 19.6 Å². The maximum absolute atomic E-state index is 3.84. The molecule has 0 nitrogen and oxygen atoms in total. The van der Waals surface area contributed by atoms with Gasteiger partial charge in [0.2, 0.25) is 0 Å². The summed E-state index contributed by atoms with van der Waals surface area (Å²) in [7, 11) is 0. The van der Waals surface area contributed by atoms with Crippen LogP contribution in [0.15, 0.2) is 12.7 Å². The highest BCUT2D eigenvalue weighted by atomic mass is 14.2. The molecule has 1 rings (SSSR count). The second-order valence-corrected chi connectivity index (χ2v) is 4.65. The number of hydrogen-bond acceptors (Lipinski definition) is 0. The van der Waals surface area contributed by atoms with E-state index in [0.29, 0.717) is 0 Å². The molecule has 0 aromatic heterocycles. The lowest BCUT2D eigenvalue weighted by molar-refractivity contribution is 0.395. The minimum absolute atomic E-state index is 0.725. The monoisotopic (exact) mass is 180 g/mol. The van der Waals surface area contributed by atoms with Crippen LogP contribution < -0.4 is 0 Å². The zero-order valence-corrected chi connectivity index (χ0v) is 9.10. The van der Waals surface area contributed by atoms with E-state index in [4.69, 9.17) is 0 Å². The van der Waals surface area contributed by atoms with E-state index < -0.39 is 0 Å². The van der Waals surface area contributed by atoms with Crippen molar-refractivity contribution in [2.45, 2.75) is 58.3 Å². The Bertz CT molecular complexity index is 129. The van der Waals surface area contributed by atoms with Gasteiger partial charge in [0.1, 0.15) is 0 Å². The first kappa shape index (κ1) is 10.8. The second kappa shape index (κ2) is 6.23. The average Bonchev–Trinajstić information content (AvgIpc) is 2.42. The quantitative estimate of drug-likeness (QED) is 0.439. The first-order valence-corrected chi connectivity index (χ1v) is 5.95. The lowest BCUT2D eigenvalue weighted by Crippen LogP contribution is -2.01. The van der Waals surface area contributed by atoms with Crippen LogP contribution in [0.3, 0.4) is 0 Å². The Morgan fingerprint density at radius 2 is 1.85 bits per heavy atom. The fraction of sp³-hybridized carbons (Fsp3) is 0.846. The molecule has 1 saturated carbocycles. The molecule has 13 heavy (non-hydrogen) atoms. The number of allylic oxidation sites excluding steroid dienone is 1. The molecular weight excluding hydrogens is 156 g/mol. The van der Waals surface area contributed by atoms with Gasteiger partial charge in [0, 0.05) is 0 Å². The highest BCUT2D eigenvalue weighted by Crippen LogP contribution is 2.27. The van der Waals surface area contributed by atoms with Crippen molar-refractivity contribution < 1.29 is 0 Å². The molecule has 0 amide bonds. The lowest BCUT2D eigenvalue weighted by atomic mass is 9.91. The molecule has 1 aliphatic carbocycles. The van der Waals surface area contributed by atoms with Crippen molar-refractivity contribution in [2.75, 3.05) is 0 Å². The van der Waals surface area contributed by atoms with Gasteiger partial charge in [-0.05, 0) is 24.7 Å². The molecule has 1 unspecified atom stereocenters. The van der Waals surface area contributed by atoms with Crippen LogP contribution in [0.2, 0.25) is 0 Å². The minimum atomic E-state index is 0.725. The smallest absolute Gasteiger partial charge is 0.0265 e. The van der Waals surface area contributed by atoms with E-state index in [-0.39, 0.29) is 0 Å². The molecule has 0 bridgehead atoms. The number of rotatable bonds is 4. The molecule has 0 heteroatoms. The van der Waals surface area contributed by atoms with Crippen molar-refractivity contribution in [1.82, 2.24) is 0 Å². The van der Waals surface area contributed by atoms with Gasteiger partial charge in [0.25, 0.3) is 0 Å². The lowest BCUT2D eigenvalue weighted by Gasteiger charge is -2.15. The van der Waals surface area contributed by atoms with E-state index in [0.717, 1.165) is 11.8 Å². The first-order chi connectivity index (χ1) is 6.33. The van der Waals surface area contributed by atoms with Gasteiger partial charge in [-0.2, -0.15) is 0 Å². The Morgan fingerprint density at radius 3 is 2.38 bits per heavy atom. The fourth-order valence-electron chi connectivity index (χ4n) is 2.27. The molecule has 0 spiro atoms. The Labute approximate surface area is 83.4 Å². The van der Waals surface area contributed by atoms with Gasteiger partial charge in [-0.15, -0.1) is 6.58 Å². The van der Waals surface area contributed by atoms with Crippen molar-refractivity contribution >= 4 is 0 Å². The normalized spacial score (nSPS) is 22.2. The molecule has 1 aliphatic rings. The Morgan fingerprint density at radius 1 is 1.23 bits per heavy atom. The Balaban J connectivity index is 2.14. The van der Waals surface area contributed by atoms with Gasteiger partial charge in [0.05, 0.1) is 0 Å². The topological polar surface area (TPSA) is 0 Å². The molecule has 0 heterocycles. The van der Waals surface area contributed by atoms with Crippen molar-refractivity contribution in [2.24, 2.45) is 11.8 Å². The van der Waals surface area contributed by atoms with E-state index in [1.807, 2.05) is 0 Å². The largest absolute Gasteiger partial charge is 0.103 e. The first-order valence-electron chi connectivity index (χ1n) is 5.95. The van der Waals surface area contributed by atoms with Gasteiger partial charge in [-0.25, -0.2) is 0 Å². The highest BCUT2D eigenvalue weighted by Gasteiger charge is 2.12. The van der Waals surface area contributed by atoms with Crippen molar-refractivity contribution in [3.8, 4) is 0 Å². The molecule has 1 fully saturated rings. The average molecular weight is 180 g/mol. The van der Waals surface area contributed by atoms with Crippen LogP contribution in [0.5, 0.6) is 0 Å². The summed E-state index contributed by atoms with van der Waals surface area (Å²) in [4.78, 5) is 0. The van der Waals surface area contributed by atoms with E-state index in [9.17, 15) is 0 Å². The number of hydrogen-bond donors (Lipinski definition) is 0. The third kappa shape index (κ3) is 4.50. The van der Waals surface area contributed by atoms with Crippen LogP contribution >= 0.6 is 0 Å². The van der Waals surface area contributed by atoms with Crippen molar-refractivity contribution in [3.05, 3.63) is 12.7 Å². The van der Waals surface area contributed by atoms with Crippen LogP contribution in [-0.4, -0.2) is 0 Å². The molecule has 0 radical (unpaired) electrons. The summed E-state index contributed by atoms with van der Waals surface area (Å²) >= 11 is 0. The summed E-state index contributed by atoms with van der Waals surface area (Å²) < 4.78 is 0. The molecule has 0 aromatic carbocycles. The van der Waals surface area contributed by atoms with Crippen LogP contribution in [0.4, 0.5) is 0 Å². The maximum atomic E-state index is 3.84. The van der Waals surface area contributed by atoms with Crippen LogP contribution in [0, 0.1) is 11.8 Å². The van der Waals surface area contributed by atoms with Crippen LogP contribution in [0.1, 0.15) is 58.3 Å².